The Morgan fingerprint density at radius 2 is 1.85 bits per heavy atom. The number of rotatable bonds is 5. The van der Waals surface area contributed by atoms with E-state index in [-0.39, 0.29) is 5.56 Å². The molecule has 33 heavy (non-hydrogen) atoms. The zero-order chi connectivity index (χ0) is 22.9. The van der Waals surface area contributed by atoms with Crippen LogP contribution in [0.5, 0.6) is 0 Å². The van der Waals surface area contributed by atoms with E-state index in [0.717, 1.165) is 22.8 Å². The van der Waals surface area contributed by atoms with E-state index in [0.29, 0.717) is 22.0 Å². The summed E-state index contributed by atoms with van der Waals surface area (Å²) < 4.78 is 16.3. The van der Waals surface area contributed by atoms with Gasteiger partial charge in [0, 0.05) is 12.4 Å². The largest absolute Gasteiger partial charge is 0.463 e. The predicted molar refractivity (Wildman–Crippen MR) is 127 cm³/mol. The maximum absolute atomic E-state index is 13.3. The number of hydrogen-bond donors (Lipinski definition) is 0. The molecule has 4 heterocycles. The van der Waals surface area contributed by atoms with Gasteiger partial charge in [0.2, 0.25) is 4.80 Å². The summed E-state index contributed by atoms with van der Waals surface area (Å²) in [5.74, 6) is 2.06. The van der Waals surface area contributed by atoms with Crippen LogP contribution < -0.4 is 10.4 Å². The number of thiazole rings is 1. The number of aryl methyl sites for hydroxylation is 1. The molecule has 5 aromatic rings. The van der Waals surface area contributed by atoms with E-state index in [9.17, 15) is 4.79 Å². The minimum atomic E-state index is -0.202. The molecule has 0 aliphatic rings. The van der Waals surface area contributed by atoms with E-state index < -0.39 is 0 Å². The molecule has 0 N–H and O–H groups in total. The van der Waals surface area contributed by atoms with Gasteiger partial charge in [-0.1, -0.05) is 18.2 Å². The van der Waals surface area contributed by atoms with Gasteiger partial charge in [-0.15, -0.1) is 11.3 Å². The smallest absolute Gasteiger partial charge is 0.297 e. The van der Waals surface area contributed by atoms with Crippen LogP contribution in [0.4, 0.5) is 5.69 Å². The second-order valence-electron chi connectivity index (χ2n) is 7.41. The van der Waals surface area contributed by atoms with Gasteiger partial charge >= 0.3 is 0 Å². The number of nitrogens with zero attached hydrogens (tertiary/aromatic N) is 5. The van der Waals surface area contributed by atoms with Crippen LogP contribution in [0.15, 0.2) is 90.0 Å². The molecule has 0 aliphatic carbocycles. The second-order valence-corrected chi connectivity index (χ2v) is 8.24. The minimum Gasteiger partial charge on any atom is -0.463 e. The van der Waals surface area contributed by atoms with E-state index in [4.69, 9.17) is 13.8 Å². The maximum Gasteiger partial charge on any atom is 0.297 e. The van der Waals surface area contributed by atoms with Gasteiger partial charge in [0.1, 0.15) is 17.2 Å². The van der Waals surface area contributed by atoms with Crippen LogP contribution in [0.1, 0.15) is 17.2 Å². The Morgan fingerprint density at radius 1 is 1.03 bits per heavy atom. The third-order valence-electron chi connectivity index (χ3n) is 5.25. The van der Waals surface area contributed by atoms with Gasteiger partial charge in [0.25, 0.3) is 5.56 Å². The quantitative estimate of drug-likeness (QED) is 0.360. The van der Waals surface area contributed by atoms with Gasteiger partial charge in [-0.05, 0) is 50.2 Å². The predicted octanol–water partition coefficient (Wildman–Crippen LogP) is 4.62. The zero-order valence-corrected chi connectivity index (χ0v) is 19.1. The van der Waals surface area contributed by atoms with Gasteiger partial charge in [-0.25, -0.2) is 14.4 Å². The molecule has 0 bridgehead atoms. The van der Waals surface area contributed by atoms with Crippen molar-refractivity contribution in [2.45, 2.75) is 13.8 Å². The van der Waals surface area contributed by atoms with Gasteiger partial charge in [-0.3, -0.25) is 9.48 Å². The molecule has 0 saturated carbocycles. The molecule has 0 amide bonds. The van der Waals surface area contributed by atoms with Crippen molar-refractivity contribution in [2.75, 3.05) is 0 Å². The highest BCUT2D eigenvalue weighted by Gasteiger charge is 2.17. The first-order chi connectivity index (χ1) is 16.0. The molecule has 4 aromatic heterocycles. The fourth-order valence-electron chi connectivity index (χ4n) is 3.50. The van der Waals surface area contributed by atoms with E-state index in [1.54, 1.807) is 26.5 Å². The first kappa shape index (κ1) is 20.8. The summed E-state index contributed by atoms with van der Waals surface area (Å²) in [6, 6.07) is 16.9. The standard InChI is InChI=1S/C24H21N5O3S/c1-16-11-12-19(32-16)14-25-28-20(21-10-7-13-31-21)15-33-24(28)26-22-17(2)27(3)29(23(22)30)18-8-5-4-6-9-18/h4-15H,1-3H3. The lowest BCUT2D eigenvalue weighted by molar-refractivity contribution is 0.527. The second kappa shape index (κ2) is 8.44. The molecule has 0 fully saturated rings. The lowest BCUT2D eigenvalue weighted by atomic mass is 10.3. The van der Waals surface area contributed by atoms with Crippen LogP contribution in [0.3, 0.4) is 0 Å². The molecule has 0 radical (unpaired) electrons. The van der Waals surface area contributed by atoms with E-state index in [1.165, 1.54) is 11.3 Å². The first-order valence-electron chi connectivity index (χ1n) is 10.3. The Hall–Kier alpha value is -4.11. The third-order valence-corrected chi connectivity index (χ3v) is 6.07. The van der Waals surface area contributed by atoms with Crippen LogP contribution in [0.25, 0.3) is 17.1 Å². The van der Waals surface area contributed by atoms with Crippen molar-refractivity contribution in [3.63, 3.8) is 0 Å². The molecule has 0 atom stereocenters. The van der Waals surface area contributed by atoms with Crippen LogP contribution in [-0.2, 0) is 7.05 Å². The zero-order valence-electron chi connectivity index (χ0n) is 18.3. The van der Waals surface area contributed by atoms with Gasteiger partial charge in [0.05, 0.1) is 23.9 Å². The summed E-state index contributed by atoms with van der Waals surface area (Å²) in [7, 11) is 1.84. The Bertz CT molecular complexity index is 1560. The normalized spacial score (nSPS) is 12.3. The Morgan fingerprint density at radius 3 is 2.55 bits per heavy atom. The SMILES string of the molecule is Cc1ccc(C=Nn2c(-c3ccco3)csc2=Nc2c(C)n(C)n(-c3ccccc3)c2=O)o1. The highest BCUT2D eigenvalue weighted by atomic mass is 32.1. The summed E-state index contributed by atoms with van der Waals surface area (Å²) in [4.78, 5) is 18.6. The minimum absolute atomic E-state index is 0.202. The number of aromatic nitrogens is 3. The Labute approximate surface area is 193 Å². The van der Waals surface area contributed by atoms with Crippen molar-refractivity contribution in [1.29, 1.82) is 0 Å². The molecule has 0 saturated heterocycles. The molecule has 8 nitrogen and oxygen atoms in total. The Balaban J connectivity index is 1.68. The molecule has 5 rings (SSSR count). The topological polar surface area (TPSA) is 82.9 Å². The lowest BCUT2D eigenvalue weighted by Gasteiger charge is -2.07. The fraction of sp³-hybridized carbons (Fsp3) is 0.125. The molecule has 0 aliphatic heterocycles. The first-order valence-corrected chi connectivity index (χ1v) is 11.1. The van der Waals surface area contributed by atoms with Crippen LogP contribution in [0.2, 0.25) is 0 Å². The number of benzene rings is 1. The van der Waals surface area contributed by atoms with Crippen LogP contribution >= 0.6 is 11.3 Å². The van der Waals surface area contributed by atoms with E-state index in [1.807, 2.05) is 80.9 Å². The average Bonchev–Trinajstić information content (AvgIpc) is 3.59. The molecular weight excluding hydrogens is 438 g/mol. The number of furan rings is 2. The molecule has 9 heteroatoms. The van der Waals surface area contributed by atoms with Crippen molar-refractivity contribution < 1.29 is 8.83 Å². The summed E-state index contributed by atoms with van der Waals surface area (Å²) in [5.41, 5.74) is 2.39. The molecule has 0 unspecified atom stereocenters. The van der Waals surface area contributed by atoms with Crippen molar-refractivity contribution in [3.05, 3.63) is 98.6 Å². The van der Waals surface area contributed by atoms with E-state index in [2.05, 4.69) is 5.10 Å². The van der Waals surface area contributed by atoms with Crippen LogP contribution in [-0.4, -0.2) is 20.3 Å². The number of hydrogen-bond acceptors (Lipinski definition) is 6. The molecule has 0 spiro atoms. The molecule has 1 aromatic carbocycles. The lowest BCUT2D eigenvalue weighted by Crippen LogP contribution is -2.19. The summed E-state index contributed by atoms with van der Waals surface area (Å²) in [6.45, 7) is 3.75. The van der Waals surface area contributed by atoms with Crippen LogP contribution in [0, 0.1) is 13.8 Å². The fourth-order valence-corrected chi connectivity index (χ4v) is 4.32. The third kappa shape index (κ3) is 3.83. The average molecular weight is 460 g/mol. The van der Waals surface area contributed by atoms with Crippen molar-refractivity contribution in [1.82, 2.24) is 14.0 Å². The Kier molecular flexibility index (Phi) is 5.31. The monoisotopic (exact) mass is 459 g/mol. The summed E-state index contributed by atoms with van der Waals surface area (Å²) >= 11 is 1.37. The van der Waals surface area contributed by atoms with Crippen molar-refractivity contribution in [3.8, 4) is 17.1 Å². The van der Waals surface area contributed by atoms with Gasteiger partial charge in [-0.2, -0.15) is 5.10 Å². The molecule has 166 valence electrons. The highest BCUT2D eigenvalue weighted by molar-refractivity contribution is 7.07. The summed E-state index contributed by atoms with van der Waals surface area (Å²) in [5, 5.41) is 6.49. The van der Waals surface area contributed by atoms with Crippen molar-refractivity contribution >= 4 is 23.2 Å². The van der Waals surface area contributed by atoms with Gasteiger partial charge in [0.15, 0.2) is 11.4 Å². The summed E-state index contributed by atoms with van der Waals surface area (Å²) in [6.07, 6.45) is 3.22. The molecular formula is C24H21N5O3S. The number of para-hydroxylation sites is 1. The van der Waals surface area contributed by atoms with Crippen molar-refractivity contribution in [2.24, 2.45) is 17.1 Å². The van der Waals surface area contributed by atoms with E-state index >= 15 is 0 Å². The maximum atomic E-state index is 13.3. The van der Waals surface area contributed by atoms with Gasteiger partial charge < -0.3 is 8.83 Å². The highest BCUT2D eigenvalue weighted by Crippen LogP contribution is 2.22.